The number of carbonyl (C=O) groups excluding carboxylic acids is 1. The summed E-state index contributed by atoms with van der Waals surface area (Å²) in [5, 5.41) is 5.24. The van der Waals surface area contributed by atoms with Crippen LogP contribution in [-0.4, -0.2) is 34.5 Å². The van der Waals surface area contributed by atoms with Crippen LogP contribution in [0.2, 0.25) is 5.02 Å². The summed E-state index contributed by atoms with van der Waals surface area (Å²) in [5.74, 6) is 0.342. The lowest BCUT2D eigenvalue weighted by molar-refractivity contribution is -0.127. The third-order valence-corrected chi connectivity index (χ3v) is 6.72. The van der Waals surface area contributed by atoms with Crippen molar-refractivity contribution in [2.75, 3.05) is 13.1 Å². The highest BCUT2D eigenvalue weighted by Crippen LogP contribution is 2.27. The van der Waals surface area contributed by atoms with Gasteiger partial charge in [0.25, 0.3) is 0 Å². The quantitative estimate of drug-likeness (QED) is 0.552. The Morgan fingerprint density at radius 3 is 2.65 bits per heavy atom. The van der Waals surface area contributed by atoms with Crippen LogP contribution in [0.25, 0.3) is 10.9 Å². The highest BCUT2D eigenvalue weighted by atomic mass is 35.5. The van der Waals surface area contributed by atoms with E-state index in [0.29, 0.717) is 0 Å². The second kappa shape index (κ2) is 9.88. The fourth-order valence-corrected chi connectivity index (χ4v) is 4.80. The van der Waals surface area contributed by atoms with Crippen molar-refractivity contribution >= 4 is 28.4 Å². The molecule has 1 aliphatic heterocycles. The van der Waals surface area contributed by atoms with Crippen molar-refractivity contribution < 1.29 is 4.79 Å². The number of benzene rings is 2. The van der Waals surface area contributed by atoms with E-state index in [1.54, 1.807) is 0 Å². The molecule has 0 unspecified atom stereocenters. The van der Waals surface area contributed by atoms with Crippen molar-refractivity contribution in [2.45, 2.75) is 45.2 Å². The first-order valence-electron chi connectivity index (χ1n) is 11.3. The largest absolute Gasteiger partial charge is 0.353 e. The second-order valence-electron chi connectivity index (χ2n) is 8.91. The predicted octanol–water partition coefficient (Wildman–Crippen LogP) is 5.18. The van der Waals surface area contributed by atoms with Crippen molar-refractivity contribution in [1.29, 1.82) is 0 Å². The summed E-state index contributed by atoms with van der Waals surface area (Å²) in [4.78, 5) is 15.2. The summed E-state index contributed by atoms with van der Waals surface area (Å²) in [6.45, 7) is 4.92. The number of amides is 1. The summed E-state index contributed by atoms with van der Waals surface area (Å²) in [5.41, 5.74) is 3.84. The van der Waals surface area contributed by atoms with Crippen molar-refractivity contribution in [3.05, 3.63) is 70.9 Å². The number of hydrogen-bond donors (Lipinski definition) is 1. The van der Waals surface area contributed by atoms with Gasteiger partial charge < -0.3 is 9.88 Å². The van der Waals surface area contributed by atoms with Crippen LogP contribution >= 0.6 is 11.6 Å². The van der Waals surface area contributed by atoms with Gasteiger partial charge in [-0.3, -0.25) is 9.69 Å². The highest BCUT2D eigenvalue weighted by molar-refractivity contribution is 6.31. The van der Waals surface area contributed by atoms with Gasteiger partial charge in [-0.25, -0.2) is 0 Å². The molecule has 0 aliphatic carbocycles. The Kier molecular flexibility index (Phi) is 6.99. The number of halogens is 1. The summed E-state index contributed by atoms with van der Waals surface area (Å²) in [6, 6.07) is 16.8. The van der Waals surface area contributed by atoms with Crippen LogP contribution < -0.4 is 5.32 Å². The monoisotopic (exact) mass is 437 g/mol. The molecule has 2 aromatic carbocycles. The molecule has 3 aromatic rings. The number of aryl methyl sites for hydroxylation is 2. The molecule has 1 aromatic heterocycles. The molecule has 1 amide bonds. The first-order valence-corrected chi connectivity index (χ1v) is 11.7. The molecule has 1 atom stereocenters. The third kappa shape index (κ3) is 5.50. The maximum atomic E-state index is 12.8. The summed E-state index contributed by atoms with van der Waals surface area (Å²) in [7, 11) is 2.08. The Morgan fingerprint density at radius 1 is 1.16 bits per heavy atom. The number of hydrogen-bond acceptors (Lipinski definition) is 2. The van der Waals surface area contributed by atoms with Crippen LogP contribution in [0, 0.1) is 5.92 Å². The van der Waals surface area contributed by atoms with E-state index < -0.39 is 0 Å². The van der Waals surface area contributed by atoms with E-state index in [0.717, 1.165) is 50.3 Å². The Labute approximate surface area is 190 Å². The average Bonchev–Trinajstić information content (AvgIpc) is 3.08. The molecule has 1 aliphatic rings. The van der Waals surface area contributed by atoms with E-state index in [4.69, 9.17) is 11.6 Å². The standard InChI is InChI=1S/C26H32ClN3O/c1-19(8-9-20-6-4-3-5-7-20)28-26(31)21-12-14-30(15-13-21)18-22-17-29(2)25-11-10-23(27)16-24(22)25/h3-7,10-11,16-17,19,21H,8-9,12-15,18H2,1-2H3,(H,28,31)/t19-/m0/s1. The first-order chi connectivity index (χ1) is 15.0. The van der Waals surface area contributed by atoms with E-state index >= 15 is 0 Å². The molecule has 0 bridgehead atoms. The minimum absolute atomic E-state index is 0.123. The predicted molar refractivity (Wildman–Crippen MR) is 128 cm³/mol. The number of fused-ring (bicyclic) bond motifs is 1. The molecule has 1 fully saturated rings. The number of rotatable bonds is 7. The zero-order valence-electron chi connectivity index (χ0n) is 18.5. The molecule has 4 nitrogen and oxygen atoms in total. The maximum Gasteiger partial charge on any atom is 0.223 e. The average molecular weight is 438 g/mol. The van der Waals surface area contributed by atoms with Crippen LogP contribution in [0.5, 0.6) is 0 Å². The molecule has 1 saturated heterocycles. The van der Waals surface area contributed by atoms with Gasteiger partial charge in [-0.1, -0.05) is 41.9 Å². The zero-order valence-corrected chi connectivity index (χ0v) is 19.2. The van der Waals surface area contributed by atoms with Gasteiger partial charge in [0.15, 0.2) is 0 Å². The summed E-state index contributed by atoms with van der Waals surface area (Å²) in [6.07, 6.45) is 6.01. The topological polar surface area (TPSA) is 37.3 Å². The normalized spacial score (nSPS) is 16.5. The van der Waals surface area contributed by atoms with Crippen LogP contribution in [0.4, 0.5) is 0 Å². The van der Waals surface area contributed by atoms with Gasteiger partial charge in [-0.2, -0.15) is 0 Å². The number of carbonyl (C=O) groups is 1. The van der Waals surface area contributed by atoms with Crippen LogP contribution in [0.3, 0.4) is 0 Å². The van der Waals surface area contributed by atoms with E-state index in [9.17, 15) is 4.79 Å². The third-order valence-electron chi connectivity index (χ3n) is 6.48. The van der Waals surface area contributed by atoms with E-state index in [1.165, 1.54) is 22.0 Å². The van der Waals surface area contributed by atoms with Gasteiger partial charge in [-0.15, -0.1) is 0 Å². The van der Waals surface area contributed by atoms with E-state index in [1.807, 2.05) is 12.1 Å². The van der Waals surface area contributed by atoms with Gasteiger partial charge in [0.1, 0.15) is 0 Å². The minimum Gasteiger partial charge on any atom is -0.353 e. The Balaban J connectivity index is 1.26. The van der Waals surface area contributed by atoms with Crippen molar-refractivity contribution in [1.82, 2.24) is 14.8 Å². The minimum atomic E-state index is 0.123. The summed E-state index contributed by atoms with van der Waals surface area (Å²) >= 11 is 6.23. The van der Waals surface area contributed by atoms with E-state index in [2.05, 4.69) is 71.4 Å². The smallest absolute Gasteiger partial charge is 0.223 e. The zero-order chi connectivity index (χ0) is 21.8. The van der Waals surface area contributed by atoms with Crippen LogP contribution in [0.15, 0.2) is 54.7 Å². The second-order valence-corrected chi connectivity index (χ2v) is 9.35. The fourth-order valence-electron chi connectivity index (χ4n) is 4.63. The summed E-state index contributed by atoms with van der Waals surface area (Å²) < 4.78 is 2.16. The molecule has 0 saturated carbocycles. The van der Waals surface area contributed by atoms with Crippen LogP contribution in [-0.2, 0) is 24.8 Å². The Morgan fingerprint density at radius 2 is 1.90 bits per heavy atom. The SMILES string of the molecule is C[C@@H](CCc1ccccc1)NC(=O)C1CCN(Cc2cn(C)c3ccc(Cl)cc23)CC1. The lowest BCUT2D eigenvalue weighted by Gasteiger charge is -2.31. The molecule has 1 N–H and O–H groups in total. The molecule has 2 heterocycles. The fraction of sp³-hybridized carbons (Fsp3) is 0.423. The van der Waals surface area contributed by atoms with Gasteiger partial charge in [0, 0.05) is 47.7 Å². The van der Waals surface area contributed by atoms with Gasteiger partial charge in [0.2, 0.25) is 5.91 Å². The van der Waals surface area contributed by atoms with Crippen molar-refractivity contribution in [3.63, 3.8) is 0 Å². The lowest BCUT2D eigenvalue weighted by atomic mass is 9.95. The number of piperidine rings is 1. The molecule has 164 valence electrons. The van der Waals surface area contributed by atoms with Crippen LogP contribution in [0.1, 0.15) is 37.3 Å². The van der Waals surface area contributed by atoms with Gasteiger partial charge in [0.05, 0.1) is 0 Å². The number of nitrogens with zero attached hydrogens (tertiary/aromatic N) is 2. The van der Waals surface area contributed by atoms with Gasteiger partial charge >= 0.3 is 0 Å². The molecule has 31 heavy (non-hydrogen) atoms. The molecular formula is C26H32ClN3O. The number of likely N-dealkylation sites (tertiary alicyclic amines) is 1. The Bertz CT molecular complexity index is 1020. The highest BCUT2D eigenvalue weighted by Gasteiger charge is 2.26. The van der Waals surface area contributed by atoms with Crippen molar-refractivity contribution in [3.8, 4) is 0 Å². The maximum absolute atomic E-state index is 12.8. The molecule has 0 radical (unpaired) electrons. The van der Waals surface area contributed by atoms with Gasteiger partial charge in [-0.05, 0) is 75.0 Å². The number of nitrogens with one attached hydrogen (secondary N) is 1. The van der Waals surface area contributed by atoms with E-state index in [-0.39, 0.29) is 17.9 Å². The number of aromatic nitrogens is 1. The molecule has 5 heteroatoms. The Hall–Kier alpha value is -2.30. The molecule has 4 rings (SSSR count). The first kappa shape index (κ1) is 21.9. The molecule has 0 spiro atoms. The molecular weight excluding hydrogens is 406 g/mol. The van der Waals surface area contributed by atoms with Crippen molar-refractivity contribution in [2.24, 2.45) is 13.0 Å². The lowest BCUT2D eigenvalue weighted by Crippen LogP contribution is -2.43.